The lowest BCUT2D eigenvalue weighted by Gasteiger charge is -2.17. The van der Waals surface area contributed by atoms with Crippen molar-refractivity contribution in [2.75, 3.05) is 0 Å². The van der Waals surface area contributed by atoms with Gasteiger partial charge in [-0.15, -0.1) is 0 Å². The molecule has 1 unspecified atom stereocenters. The maximum absolute atomic E-state index is 13.7. The normalized spacial score (nSPS) is 12.4. The zero-order chi connectivity index (χ0) is 12.3. The van der Waals surface area contributed by atoms with Crippen molar-refractivity contribution in [3.05, 3.63) is 70.5 Å². The summed E-state index contributed by atoms with van der Waals surface area (Å²) >= 11 is 5.81. The van der Waals surface area contributed by atoms with Crippen molar-refractivity contribution in [3.8, 4) is 0 Å². The van der Waals surface area contributed by atoms with E-state index in [0.717, 1.165) is 5.56 Å². The molecule has 0 aromatic heterocycles. The predicted octanol–water partition coefficient (Wildman–Crippen LogP) is 3.03. The second kappa shape index (κ2) is 5.27. The van der Waals surface area contributed by atoms with Crippen molar-refractivity contribution < 1.29 is 4.39 Å². The van der Waals surface area contributed by atoms with Crippen molar-refractivity contribution in [1.29, 1.82) is 0 Å². The highest BCUT2D eigenvalue weighted by Gasteiger charge is 2.15. The van der Waals surface area contributed by atoms with E-state index < -0.39 is 0 Å². The molecule has 0 aliphatic heterocycles. The number of rotatable bonds is 3. The fourth-order valence-corrected chi connectivity index (χ4v) is 1.86. The Hall–Kier alpha value is -1.42. The Balaban J connectivity index is 2.40. The summed E-state index contributed by atoms with van der Waals surface area (Å²) in [5.41, 5.74) is 3.99. The number of halogens is 2. The Labute approximate surface area is 104 Å². The lowest BCUT2D eigenvalue weighted by molar-refractivity contribution is 0.560. The Morgan fingerprint density at radius 2 is 1.71 bits per heavy atom. The maximum Gasteiger partial charge on any atom is 0.128 e. The first kappa shape index (κ1) is 12.0. The smallest absolute Gasteiger partial charge is 0.128 e. The van der Waals surface area contributed by atoms with Crippen LogP contribution in [0, 0.1) is 5.82 Å². The first-order chi connectivity index (χ1) is 8.22. The summed E-state index contributed by atoms with van der Waals surface area (Å²) in [4.78, 5) is 0. The van der Waals surface area contributed by atoms with E-state index in [0.29, 0.717) is 10.6 Å². The van der Waals surface area contributed by atoms with Crippen LogP contribution in [0.2, 0.25) is 5.02 Å². The lowest BCUT2D eigenvalue weighted by Crippen LogP contribution is -2.29. The predicted molar refractivity (Wildman–Crippen MR) is 67.0 cm³/mol. The van der Waals surface area contributed by atoms with Gasteiger partial charge in [-0.05, 0) is 23.8 Å². The van der Waals surface area contributed by atoms with Crippen LogP contribution in [0.15, 0.2) is 48.5 Å². The summed E-state index contributed by atoms with van der Waals surface area (Å²) in [6, 6.07) is 13.3. The van der Waals surface area contributed by atoms with E-state index in [1.165, 1.54) is 6.07 Å². The first-order valence-electron chi connectivity index (χ1n) is 5.18. The second-order valence-corrected chi connectivity index (χ2v) is 4.11. The minimum absolute atomic E-state index is 0.287. The topological polar surface area (TPSA) is 38.0 Å². The van der Waals surface area contributed by atoms with Crippen LogP contribution >= 0.6 is 11.6 Å². The van der Waals surface area contributed by atoms with Gasteiger partial charge in [-0.3, -0.25) is 5.84 Å². The van der Waals surface area contributed by atoms with Gasteiger partial charge in [0.25, 0.3) is 0 Å². The number of hydrogen-bond donors (Lipinski definition) is 2. The number of nitrogens with two attached hydrogens (primary N) is 1. The standard InChI is InChI=1S/C13H12ClFN2/c14-10-7-5-9(6-8-10)13(17-16)11-3-1-2-4-12(11)15/h1-8,13,17H,16H2. The fraction of sp³-hybridized carbons (Fsp3) is 0.0769. The lowest BCUT2D eigenvalue weighted by atomic mass is 9.99. The van der Waals surface area contributed by atoms with Gasteiger partial charge in [0.05, 0.1) is 6.04 Å². The average Bonchev–Trinajstić information content (AvgIpc) is 2.35. The molecule has 2 aromatic carbocycles. The third kappa shape index (κ3) is 2.64. The van der Waals surface area contributed by atoms with Gasteiger partial charge in [0.2, 0.25) is 0 Å². The molecule has 2 nitrogen and oxygen atoms in total. The molecular formula is C13H12ClFN2. The van der Waals surface area contributed by atoms with Crippen molar-refractivity contribution >= 4 is 11.6 Å². The molecule has 2 rings (SSSR count). The van der Waals surface area contributed by atoms with Crippen LogP contribution in [0.5, 0.6) is 0 Å². The van der Waals surface area contributed by atoms with Crippen LogP contribution in [0.3, 0.4) is 0 Å². The molecule has 2 aromatic rings. The van der Waals surface area contributed by atoms with Crippen molar-refractivity contribution in [1.82, 2.24) is 5.43 Å². The molecule has 0 spiro atoms. The van der Waals surface area contributed by atoms with Crippen LogP contribution in [0.4, 0.5) is 4.39 Å². The largest absolute Gasteiger partial charge is 0.271 e. The van der Waals surface area contributed by atoms with E-state index in [4.69, 9.17) is 17.4 Å². The minimum Gasteiger partial charge on any atom is -0.271 e. The van der Waals surface area contributed by atoms with Gasteiger partial charge in [-0.1, -0.05) is 41.9 Å². The van der Waals surface area contributed by atoms with Crippen molar-refractivity contribution in [2.24, 2.45) is 5.84 Å². The molecular weight excluding hydrogens is 239 g/mol. The third-order valence-corrected chi connectivity index (χ3v) is 2.84. The van der Waals surface area contributed by atoms with Gasteiger partial charge >= 0.3 is 0 Å². The maximum atomic E-state index is 13.7. The Kier molecular flexibility index (Phi) is 3.74. The number of hydrazine groups is 1. The summed E-state index contributed by atoms with van der Waals surface area (Å²) in [6.45, 7) is 0. The summed E-state index contributed by atoms with van der Waals surface area (Å²) < 4.78 is 13.7. The van der Waals surface area contributed by atoms with Gasteiger partial charge < -0.3 is 0 Å². The summed E-state index contributed by atoms with van der Waals surface area (Å²) in [5.74, 6) is 5.21. The van der Waals surface area contributed by atoms with Crippen molar-refractivity contribution in [3.63, 3.8) is 0 Å². The molecule has 3 N–H and O–H groups in total. The number of hydrogen-bond acceptors (Lipinski definition) is 2. The fourth-order valence-electron chi connectivity index (χ4n) is 1.73. The summed E-state index contributed by atoms with van der Waals surface area (Å²) in [5, 5.41) is 0.637. The van der Waals surface area contributed by atoms with E-state index in [2.05, 4.69) is 5.43 Å². The summed E-state index contributed by atoms with van der Waals surface area (Å²) in [6.07, 6.45) is 0. The quantitative estimate of drug-likeness (QED) is 0.649. The molecule has 1 atom stereocenters. The van der Waals surface area contributed by atoms with Gasteiger partial charge in [-0.25, -0.2) is 9.82 Å². The zero-order valence-electron chi connectivity index (χ0n) is 9.03. The number of nitrogens with one attached hydrogen (secondary N) is 1. The Morgan fingerprint density at radius 3 is 2.29 bits per heavy atom. The second-order valence-electron chi connectivity index (χ2n) is 3.67. The molecule has 0 heterocycles. The molecule has 0 fully saturated rings. The molecule has 0 bridgehead atoms. The van der Waals surface area contributed by atoms with E-state index in [-0.39, 0.29) is 11.9 Å². The molecule has 88 valence electrons. The SMILES string of the molecule is NNC(c1ccc(Cl)cc1)c1ccccc1F. The molecule has 0 saturated heterocycles. The van der Waals surface area contributed by atoms with Gasteiger partial charge in [-0.2, -0.15) is 0 Å². The molecule has 0 radical (unpaired) electrons. The van der Waals surface area contributed by atoms with E-state index in [1.807, 2.05) is 12.1 Å². The van der Waals surface area contributed by atoms with Crippen LogP contribution in [0.1, 0.15) is 17.2 Å². The molecule has 0 amide bonds. The minimum atomic E-state index is -0.381. The van der Waals surface area contributed by atoms with E-state index in [1.54, 1.807) is 30.3 Å². The molecule has 0 saturated carbocycles. The highest BCUT2D eigenvalue weighted by atomic mass is 35.5. The van der Waals surface area contributed by atoms with Gasteiger partial charge in [0.15, 0.2) is 0 Å². The van der Waals surface area contributed by atoms with Crippen LogP contribution < -0.4 is 11.3 Å². The Bertz CT molecular complexity index is 499. The van der Waals surface area contributed by atoms with E-state index in [9.17, 15) is 4.39 Å². The number of benzene rings is 2. The average molecular weight is 251 g/mol. The Morgan fingerprint density at radius 1 is 1.06 bits per heavy atom. The van der Waals surface area contributed by atoms with Crippen LogP contribution in [0.25, 0.3) is 0 Å². The monoisotopic (exact) mass is 250 g/mol. The van der Waals surface area contributed by atoms with Gasteiger partial charge in [0, 0.05) is 10.6 Å². The highest BCUT2D eigenvalue weighted by Crippen LogP contribution is 2.24. The third-order valence-electron chi connectivity index (χ3n) is 2.59. The zero-order valence-corrected chi connectivity index (χ0v) is 9.79. The van der Waals surface area contributed by atoms with Gasteiger partial charge in [0.1, 0.15) is 5.82 Å². The first-order valence-corrected chi connectivity index (χ1v) is 5.56. The van der Waals surface area contributed by atoms with Crippen LogP contribution in [-0.2, 0) is 0 Å². The molecule has 0 aliphatic rings. The summed E-state index contributed by atoms with van der Waals surface area (Å²) in [7, 11) is 0. The molecule has 0 aliphatic carbocycles. The van der Waals surface area contributed by atoms with Crippen LogP contribution in [-0.4, -0.2) is 0 Å². The van der Waals surface area contributed by atoms with Crippen molar-refractivity contribution in [2.45, 2.75) is 6.04 Å². The highest BCUT2D eigenvalue weighted by molar-refractivity contribution is 6.30. The molecule has 17 heavy (non-hydrogen) atoms. The molecule has 4 heteroatoms. The van der Waals surface area contributed by atoms with E-state index >= 15 is 0 Å².